The summed E-state index contributed by atoms with van der Waals surface area (Å²) in [6.45, 7) is 8.16. The summed E-state index contributed by atoms with van der Waals surface area (Å²) in [6.07, 6.45) is 8.69. The highest BCUT2D eigenvalue weighted by molar-refractivity contribution is 6.45. The number of aryl methyl sites for hydroxylation is 2. The standard InChI is InChI=1S/C24H23N7O4.C13H11N5O4.C11H14N2O.CH4/c1-15-27-14-31(28-15)22-20-19(18(35-2)13-26-22)17(12-25-20)21(32)24(34)30-10-8-29(9-11-30)23(33)16-6-4-3-5-7-16;1-6-16-5-18(17-6)12-10-9(8(22-2)4-15-12)7(3-14-10)11(19)13(20)21;14-11(10-4-2-1-3-5-10)13-8-6-12-7-9-13;/h3-7,12-14,25H,8-11H2,1-2H3;3-5,14H,1-2H3,(H,20,21);1-5,12H,6-9H2;1H4. The molecule has 2 aromatic carbocycles. The minimum absolute atomic E-state index is 0. The van der Waals surface area contributed by atoms with Gasteiger partial charge in [0.2, 0.25) is 0 Å². The van der Waals surface area contributed by atoms with Crippen molar-refractivity contribution in [1.29, 1.82) is 0 Å². The smallest absolute Gasteiger partial charge is 0.377 e. The summed E-state index contributed by atoms with van der Waals surface area (Å²) >= 11 is 0. The Balaban J connectivity index is 0.000000175. The van der Waals surface area contributed by atoms with E-state index in [0.29, 0.717) is 75.2 Å². The number of Topliss-reactive ketones (excluding diaryl/α,β-unsaturated/α-hetero) is 2. The van der Waals surface area contributed by atoms with Crippen molar-refractivity contribution in [2.24, 2.45) is 0 Å². The van der Waals surface area contributed by atoms with Crippen LogP contribution < -0.4 is 14.8 Å². The molecule has 10 rings (SSSR count). The summed E-state index contributed by atoms with van der Waals surface area (Å²) in [4.78, 5) is 101. The molecule has 72 heavy (non-hydrogen) atoms. The van der Waals surface area contributed by atoms with Crippen LogP contribution >= 0.6 is 0 Å². The third kappa shape index (κ3) is 10.7. The van der Waals surface area contributed by atoms with Gasteiger partial charge in [0, 0.05) is 75.9 Å². The number of carbonyl (C=O) groups excluding carboxylic acids is 5. The van der Waals surface area contributed by atoms with Crippen LogP contribution in [0.5, 0.6) is 11.5 Å². The van der Waals surface area contributed by atoms with Gasteiger partial charge in [0.15, 0.2) is 11.6 Å². The summed E-state index contributed by atoms with van der Waals surface area (Å²) in [7, 11) is 2.89. The fraction of sp³-hybridized carbons (Fsp3) is 0.265. The summed E-state index contributed by atoms with van der Waals surface area (Å²) in [5.41, 5.74) is 2.51. The van der Waals surface area contributed by atoms with Crippen molar-refractivity contribution >= 4 is 57.1 Å². The van der Waals surface area contributed by atoms with E-state index >= 15 is 0 Å². The number of rotatable bonds is 10. The number of H-pyrrole nitrogens is 2. The number of aromatic amines is 2. The van der Waals surface area contributed by atoms with Crippen LogP contribution in [0.2, 0.25) is 0 Å². The molecule has 0 atom stereocenters. The van der Waals surface area contributed by atoms with Gasteiger partial charge < -0.3 is 44.6 Å². The lowest BCUT2D eigenvalue weighted by Gasteiger charge is -2.34. The molecular formula is C49H52N14O9. The first-order valence-corrected chi connectivity index (χ1v) is 22.2. The molecule has 6 aromatic heterocycles. The van der Waals surface area contributed by atoms with Gasteiger partial charge in [-0.05, 0) is 38.1 Å². The van der Waals surface area contributed by atoms with Crippen LogP contribution in [0.25, 0.3) is 33.4 Å². The highest BCUT2D eigenvalue weighted by Gasteiger charge is 2.32. The summed E-state index contributed by atoms with van der Waals surface area (Å²) in [5, 5.41) is 21.4. The third-order valence-electron chi connectivity index (χ3n) is 11.6. The van der Waals surface area contributed by atoms with E-state index in [9.17, 15) is 28.8 Å². The second-order valence-corrected chi connectivity index (χ2v) is 16.0. The Morgan fingerprint density at radius 2 is 0.986 bits per heavy atom. The molecule has 3 amide bonds. The lowest BCUT2D eigenvalue weighted by atomic mass is 10.1. The average Bonchev–Trinajstić information content (AvgIpc) is 4.26. The predicted molar refractivity (Wildman–Crippen MR) is 262 cm³/mol. The van der Waals surface area contributed by atoms with E-state index in [4.69, 9.17) is 14.6 Å². The zero-order valence-electron chi connectivity index (χ0n) is 39.0. The van der Waals surface area contributed by atoms with E-state index in [-0.39, 0.29) is 43.5 Å². The molecule has 4 N–H and O–H groups in total. The van der Waals surface area contributed by atoms with Crippen LogP contribution in [0.15, 0.2) is 98.1 Å². The van der Waals surface area contributed by atoms with E-state index in [1.807, 2.05) is 53.4 Å². The molecule has 0 aliphatic carbocycles. The van der Waals surface area contributed by atoms with Crippen molar-refractivity contribution in [2.75, 3.05) is 66.6 Å². The zero-order valence-corrected chi connectivity index (χ0v) is 39.0. The van der Waals surface area contributed by atoms with Crippen molar-refractivity contribution in [3.05, 3.63) is 132 Å². The van der Waals surface area contributed by atoms with Crippen molar-refractivity contribution in [3.8, 4) is 23.1 Å². The fourth-order valence-corrected chi connectivity index (χ4v) is 8.00. The molecule has 0 unspecified atom stereocenters. The number of carboxylic acids is 1. The number of pyridine rings is 2. The van der Waals surface area contributed by atoms with Crippen LogP contribution in [0.4, 0.5) is 0 Å². The van der Waals surface area contributed by atoms with Crippen molar-refractivity contribution in [1.82, 2.24) is 69.5 Å². The Morgan fingerprint density at radius 3 is 1.39 bits per heavy atom. The van der Waals surface area contributed by atoms with E-state index < -0.39 is 23.4 Å². The van der Waals surface area contributed by atoms with Gasteiger partial charge in [-0.15, -0.1) is 0 Å². The average molecular weight is 981 g/mol. The normalized spacial score (nSPS) is 13.2. The molecule has 0 radical (unpaired) electrons. The van der Waals surface area contributed by atoms with Crippen LogP contribution in [-0.2, 0) is 9.59 Å². The first-order chi connectivity index (χ1) is 34.4. The van der Waals surface area contributed by atoms with Crippen molar-refractivity contribution < 1.29 is 43.3 Å². The molecule has 23 heteroatoms. The van der Waals surface area contributed by atoms with Gasteiger partial charge in [0.1, 0.15) is 35.8 Å². The minimum Gasteiger partial charge on any atom is -0.494 e. The minimum atomic E-state index is -1.54. The predicted octanol–water partition coefficient (Wildman–Crippen LogP) is 3.72. The number of carbonyl (C=O) groups is 6. The summed E-state index contributed by atoms with van der Waals surface area (Å²) in [6, 6.07) is 18.5. The Hall–Kier alpha value is -9.12. The number of fused-ring (bicyclic) bond motifs is 2. The Morgan fingerprint density at radius 1 is 0.569 bits per heavy atom. The first kappa shape index (κ1) is 50.7. The number of hydrogen-bond donors (Lipinski definition) is 4. The monoisotopic (exact) mass is 980 g/mol. The maximum atomic E-state index is 13.3. The van der Waals surface area contributed by atoms with Crippen LogP contribution in [0.3, 0.4) is 0 Å². The van der Waals surface area contributed by atoms with Gasteiger partial charge in [-0.3, -0.25) is 24.0 Å². The molecule has 8 heterocycles. The second kappa shape index (κ2) is 22.5. The summed E-state index contributed by atoms with van der Waals surface area (Å²) < 4.78 is 13.5. The van der Waals surface area contributed by atoms with Crippen LogP contribution in [0, 0.1) is 13.8 Å². The molecular weight excluding hydrogens is 929 g/mol. The van der Waals surface area contributed by atoms with Crippen molar-refractivity contribution in [2.45, 2.75) is 21.3 Å². The van der Waals surface area contributed by atoms with E-state index in [1.165, 1.54) is 65.9 Å². The second-order valence-electron chi connectivity index (χ2n) is 16.0. The number of piperazine rings is 2. The topological polar surface area (TPSA) is 282 Å². The molecule has 0 spiro atoms. The number of hydrogen-bond acceptors (Lipinski definition) is 15. The highest BCUT2D eigenvalue weighted by Crippen LogP contribution is 2.33. The number of ether oxygens (including phenoxy) is 2. The largest absolute Gasteiger partial charge is 0.494 e. The lowest BCUT2D eigenvalue weighted by Crippen LogP contribution is -2.52. The van der Waals surface area contributed by atoms with Gasteiger partial charge >= 0.3 is 5.97 Å². The molecule has 2 fully saturated rings. The molecule has 2 aliphatic heterocycles. The van der Waals surface area contributed by atoms with Gasteiger partial charge in [0.05, 0.1) is 59.5 Å². The van der Waals surface area contributed by atoms with E-state index in [0.717, 1.165) is 31.7 Å². The number of amides is 3. The Labute approximate surface area is 411 Å². The Bertz CT molecular complexity index is 3240. The number of aromatic nitrogens is 10. The maximum Gasteiger partial charge on any atom is 0.377 e. The highest BCUT2D eigenvalue weighted by atomic mass is 16.5. The number of ketones is 2. The molecule has 2 saturated heterocycles. The van der Waals surface area contributed by atoms with Gasteiger partial charge in [0.25, 0.3) is 29.3 Å². The third-order valence-corrected chi connectivity index (χ3v) is 11.6. The molecule has 2 aliphatic rings. The quantitative estimate of drug-likeness (QED) is 0.112. The number of carboxylic acid groups (broad SMARTS) is 1. The van der Waals surface area contributed by atoms with Gasteiger partial charge in [-0.25, -0.2) is 34.1 Å². The number of nitrogens with one attached hydrogen (secondary N) is 3. The maximum absolute atomic E-state index is 13.3. The van der Waals surface area contributed by atoms with Crippen LogP contribution in [0.1, 0.15) is 60.5 Å². The summed E-state index contributed by atoms with van der Waals surface area (Å²) in [5.74, 6) is -1.22. The van der Waals surface area contributed by atoms with Gasteiger partial charge in [-0.1, -0.05) is 43.8 Å². The number of methoxy groups -OCH3 is 2. The number of benzene rings is 2. The first-order valence-electron chi connectivity index (χ1n) is 22.2. The van der Waals surface area contributed by atoms with Crippen molar-refractivity contribution in [3.63, 3.8) is 0 Å². The van der Waals surface area contributed by atoms with Crippen LogP contribution in [-0.4, -0.2) is 171 Å². The fourth-order valence-electron chi connectivity index (χ4n) is 8.00. The van der Waals surface area contributed by atoms with Gasteiger partial charge in [-0.2, -0.15) is 10.2 Å². The molecule has 23 nitrogen and oxygen atoms in total. The molecule has 0 bridgehead atoms. The van der Waals surface area contributed by atoms with E-state index in [1.54, 1.807) is 30.9 Å². The molecule has 0 saturated carbocycles. The molecule has 8 aromatic rings. The lowest BCUT2D eigenvalue weighted by molar-refractivity contribution is -0.131. The van der Waals surface area contributed by atoms with E-state index in [2.05, 4.69) is 45.4 Å². The number of aliphatic carboxylic acids is 1. The molecule has 372 valence electrons. The number of nitrogens with zero attached hydrogens (tertiary/aromatic N) is 11. The zero-order chi connectivity index (χ0) is 50.2. The SMILES string of the molecule is C.COc1cnc(-n2cnc(C)n2)c2[nH]cc(C(=O)C(=O)N3CCN(C(=O)c4ccccc4)CC3)c12.COc1cnc(-n2cnc(C)n2)c2[nH]cc(C(=O)C(=O)O)c12.O=C(c1ccccc1)N1CCNCC1. The Kier molecular flexibility index (Phi) is 15.9.